The number of aryl methyl sites for hydroxylation is 2. The highest BCUT2D eigenvalue weighted by Gasteiger charge is 2.60. The highest BCUT2D eigenvalue weighted by Crippen LogP contribution is 2.48. The second kappa shape index (κ2) is 9.80. The van der Waals surface area contributed by atoms with Crippen molar-refractivity contribution in [2.24, 2.45) is 5.92 Å². The third kappa shape index (κ3) is 4.23. The molecular formula is C32H28N2O4. The largest absolute Gasteiger partial charge is 0.489 e. The summed E-state index contributed by atoms with van der Waals surface area (Å²) in [5.41, 5.74) is 5.30. The molecule has 38 heavy (non-hydrogen) atoms. The normalized spacial score (nSPS) is 20.6. The molecule has 0 saturated carbocycles. The molecule has 6 heteroatoms. The maximum atomic E-state index is 13.9. The Bertz CT molecular complexity index is 1470. The van der Waals surface area contributed by atoms with Gasteiger partial charge in [0.05, 0.1) is 17.4 Å². The zero-order valence-corrected chi connectivity index (χ0v) is 21.3. The fourth-order valence-electron chi connectivity index (χ4n) is 5.35. The summed E-state index contributed by atoms with van der Waals surface area (Å²) >= 11 is 0. The van der Waals surface area contributed by atoms with E-state index in [-0.39, 0.29) is 11.8 Å². The van der Waals surface area contributed by atoms with Gasteiger partial charge in [-0.05, 0) is 60.9 Å². The molecule has 2 aliphatic heterocycles. The van der Waals surface area contributed by atoms with Crippen LogP contribution >= 0.6 is 0 Å². The van der Waals surface area contributed by atoms with Crippen molar-refractivity contribution < 1.29 is 19.2 Å². The average molecular weight is 505 g/mol. The lowest BCUT2D eigenvalue weighted by molar-refractivity contribution is -0.126. The molecule has 2 fully saturated rings. The lowest BCUT2D eigenvalue weighted by Gasteiger charge is -2.29. The molecule has 0 aromatic heterocycles. The van der Waals surface area contributed by atoms with Crippen molar-refractivity contribution in [2.45, 2.75) is 32.6 Å². The number of fused-ring (bicyclic) bond motifs is 1. The first-order chi connectivity index (χ1) is 18.5. The first-order valence-corrected chi connectivity index (χ1v) is 12.7. The molecule has 4 aromatic carbocycles. The van der Waals surface area contributed by atoms with Gasteiger partial charge in [-0.25, -0.2) is 9.96 Å². The minimum absolute atomic E-state index is 0.250. The lowest BCUT2D eigenvalue weighted by atomic mass is 9.90. The van der Waals surface area contributed by atoms with Crippen LogP contribution in [0, 0.1) is 19.8 Å². The number of hydrogen-bond acceptors (Lipinski definition) is 5. The number of para-hydroxylation sites is 1. The maximum Gasteiger partial charge on any atom is 0.266 e. The van der Waals surface area contributed by atoms with E-state index >= 15 is 0 Å². The summed E-state index contributed by atoms with van der Waals surface area (Å²) in [5.74, 6) is -0.539. The molecule has 190 valence electrons. The SMILES string of the molecule is Cc1ccc(N2C(=O)[C@H]3[C@H](ON(c4ccccc4)[C@H]3c3ccc(OCc4ccccc4)cc3)C2=O)c(C)c1. The molecular weight excluding hydrogens is 476 g/mol. The van der Waals surface area contributed by atoms with Gasteiger partial charge in [-0.1, -0.05) is 78.4 Å². The molecule has 2 amide bonds. The smallest absolute Gasteiger partial charge is 0.266 e. The van der Waals surface area contributed by atoms with Gasteiger partial charge in [0.25, 0.3) is 5.91 Å². The second-order valence-electron chi connectivity index (χ2n) is 9.80. The van der Waals surface area contributed by atoms with Gasteiger partial charge >= 0.3 is 0 Å². The van der Waals surface area contributed by atoms with E-state index in [1.165, 1.54) is 4.90 Å². The zero-order chi connectivity index (χ0) is 26.2. The topological polar surface area (TPSA) is 59.1 Å². The van der Waals surface area contributed by atoms with Crippen molar-refractivity contribution in [3.63, 3.8) is 0 Å². The summed E-state index contributed by atoms with van der Waals surface area (Å²) in [6.07, 6.45) is -0.901. The second-order valence-corrected chi connectivity index (χ2v) is 9.80. The van der Waals surface area contributed by atoms with Crippen molar-refractivity contribution in [1.29, 1.82) is 0 Å². The number of benzene rings is 4. The third-order valence-electron chi connectivity index (χ3n) is 7.19. The van der Waals surface area contributed by atoms with E-state index in [1.54, 1.807) is 5.06 Å². The molecule has 0 bridgehead atoms. The van der Waals surface area contributed by atoms with Crippen molar-refractivity contribution in [1.82, 2.24) is 0 Å². The number of carbonyl (C=O) groups excluding carboxylic acids is 2. The van der Waals surface area contributed by atoms with Gasteiger partial charge in [0.15, 0.2) is 6.10 Å². The summed E-state index contributed by atoms with van der Waals surface area (Å²) in [5, 5.41) is 1.71. The van der Waals surface area contributed by atoms with E-state index in [2.05, 4.69) is 0 Å². The number of hydroxylamine groups is 1. The number of rotatable bonds is 6. The molecule has 6 nitrogen and oxygen atoms in total. The Morgan fingerprint density at radius 3 is 2.16 bits per heavy atom. The molecule has 3 atom stereocenters. The Morgan fingerprint density at radius 1 is 0.789 bits per heavy atom. The van der Waals surface area contributed by atoms with E-state index < -0.39 is 18.1 Å². The number of anilines is 2. The summed E-state index contributed by atoms with van der Waals surface area (Å²) in [6, 6.07) is 32.5. The number of hydrogen-bond donors (Lipinski definition) is 0. The fraction of sp³-hybridized carbons (Fsp3) is 0.188. The fourth-order valence-corrected chi connectivity index (χ4v) is 5.35. The van der Waals surface area contributed by atoms with Crippen LogP contribution in [0.4, 0.5) is 11.4 Å². The molecule has 2 saturated heterocycles. The summed E-state index contributed by atoms with van der Waals surface area (Å²) < 4.78 is 5.97. The summed E-state index contributed by atoms with van der Waals surface area (Å²) in [7, 11) is 0. The summed E-state index contributed by atoms with van der Waals surface area (Å²) in [4.78, 5) is 35.1. The Kier molecular flexibility index (Phi) is 6.18. The van der Waals surface area contributed by atoms with E-state index in [9.17, 15) is 9.59 Å². The van der Waals surface area contributed by atoms with Crippen LogP contribution in [0.3, 0.4) is 0 Å². The Labute approximate surface area is 222 Å². The molecule has 0 unspecified atom stereocenters. The molecule has 4 aromatic rings. The van der Waals surface area contributed by atoms with Crippen molar-refractivity contribution in [3.05, 3.63) is 125 Å². The van der Waals surface area contributed by atoms with Crippen LogP contribution in [0.25, 0.3) is 0 Å². The minimum Gasteiger partial charge on any atom is -0.489 e. The van der Waals surface area contributed by atoms with Gasteiger partial charge in [0.1, 0.15) is 18.3 Å². The molecule has 0 N–H and O–H groups in total. The van der Waals surface area contributed by atoms with Gasteiger partial charge in [-0.2, -0.15) is 0 Å². The highest BCUT2D eigenvalue weighted by atomic mass is 16.7. The van der Waals surface area contributed by atoms with Crippen molar-refractivity contribution in [3.8, 4) is 5.75 Å². The maximum absolute atomic E-state index is 13.9. The molecule has 2 aliphatic rings. The van der Waals surface area contributed by atoms with Gasteiger partial charge in [-0.3, -0.25) is 14.4 Å². The molecule has 2 heterocycles. The Morgan fingerprint density at radius 2 is 1.47 bits per heavy atom. The van der Waals surface area contributed by atoms with Crippen molar-refractivity contribution >= 4 is 23.2 Å². The zero-order valence-electron chi connectivity index (χ0n) is 21.3. The lowest BCUT2D eigenvalue weighted by Crippen LogP contribution is -2.37. The van der Waals surface area contributed by atoms with Gasteiger partial charge in [-0.15, -0.1) is 0 Å². The number of nitrogens with zero attached hydrogens (tertiary/aromatic N) is 2. The van der Waals surface area contributed by atoms with E-state index in [4.69, 9.17) is 9.57 Å². The first kappa shape index (κ1) is 23.9. The molecule has 6 rings (SSSR count). The van der Waals surface area contributed by atoms with Gasteiger partial charge in [0.2, 0.25) is 5.91 Å². The standard InChI is InChI=1S/C32H28N2O4/c1-21-13-18-27(22(2)19-21)33-31(35)28-29(34(38-30(28)32(33)36)25-11-7-4-8-12-25)24-14-16-26(17-15-24)37-20-23-9-5-3-6-10-23/h3-19,28-30H,20H2,1-2H3/t28-,29+,30+/m1/s1. The number of carbonyl (C=O) groups is 2. The van der Waals surface area contributed by atoms with Crippen LogP contribution < -0.4 is 14.7 Å². The van der Waals surface area contributed by atoms with E-state index in [1.807, 2.05) is 117 Å². The van der Waals surface area contributed by atoms with E-state index in [0.717, 1.165) is 33.7 Å². The van der Waals surface area contributed by atoms with Crippen LogP contribution in [0.1, 0.15) is 28.3 Å². The van der Waals surface area contributed by atoms with Gasteiger partial charge in [0, 0.05) is 0 Å². The van der Waals surface area contributed by atoms with Crippen LogP contribution in [-0.2, 0) is 21.0 Å². The Balaban J connectivity index is 1.32. The number of ether oxygens (including phenoxy) is 1. The minimum atomic E-state index is -0.901. The number of imide groups is 1. The van der Waals surface area contributed by atoms with Crippen molar-refractivity contribution in [2.75, 3.05) is 9.96 Å². The van der Waals surface area contributed by atoms with Crippen LogP contribution in [0.2, 0.25) is 0 Å². The number of amides is 2. The van der Waals surface area contributed by atoms with Crippen LogP contribution in [0.15, 0.2) is 103 Å². The summed E-state index contributed by atoms with van der Waals surface area (Å²) in [6.45, 7) is 4.37. The average Bonchev–Trinajstić information content (AvgIpc) is 3.45. The van der Waals surface area contributed by atoms with Crippen LogP contribution in [-0.4, -0.2) is 17.9 Å². The van der Waals surface area contributed by atoms with Gasteiger partial charge < -0.3 is 4.74 Å². The molecule has 0 aliphatic carbocycles. The first-order valence-electron chi connectivity index (χ1n) is 12.7. The van der Waals surface area contributed by atoms with Crippen LogP contribution in [0.5, 0.6) is 5.75 Å². The quantitative estimate of drug-likeness (QED) is 0.305. The molecule has 0 spiro atoms. The monoisotopic (exact) mass is 504 g/mol. The molecule has 0 radical (unpaired) electrons. The highest BCUT2D eigenvalue weighted by molar-refractivity contribution is 6.24. The predicted molar refractivity (Wildman–Crippen MR) is 146 cm³/mol. The Hall–Kier alpha value is -4.42. The predicted octanol–water partition coefficient (Wildman–Crippen LogP) is 5.93. The van der Waals surface area contributed by atoms with E-state index in [0.29, 0.717) is 12.3 Å². The third-order valence-corrected chi connectivity index (χ3v) is 7.19.